The van der Waals surface area contributed by atoms with Crippen LogP contribution in [-0.2, 0) is 15.1 Å². The number of quaternary nitrogens is 1. The van der Waals surface area contributed by atoms with Crippen molar-refractivity contribution in [3.05, 3.63) is 66.0 Å². The number of aliphatic hydroxyl groups is 2. The van der Waals surface area contributed by atoms with Crippen LogP contribution in [0, 0.1) is 11.6 Å². The van der Waals surface area contributed by atoms with E-state index in [0.717, 1.165) is 6.07 Å². The SMILES string of the molecule is C[C@@H](N1CCN(c2ccc(-n3cnnn3)cc2)C1=O)[C@](O)(C[NH+]1CN(COC(=O)OCCCO)C=N1)c1ccc(F)cc1F.[Cl-]. The minimum atomic E-state index is -2.00. The van der Waals surface area contributed by atoms with Gasteiger partial charge in [-0.05, 0) is 53.7 Å². The fourth-order valence-corrected chi connectivity index (χ4v) is 5.15. The highest BCUT2D eigenvalue weighted by Crippen LogP contribution is 2.33. The Hall–Kier alpha value is -4.45. The molecule has 3 heterocycles. The molecule has 1 unspecified atom stereocenters. The summed E-state index contributed by atoms with van der Waals surface area (Å²) >= 11 is 0. The monoisotopic (exact) mass is 651 g/mol. The van der Waals surface area contributed by atoms with E-state index in [-0.39, 0.29) is 64.1 Å². The van der Waals surface area contributed by atoms with Gasteiger partial charge in [0.25, 0.3) is 0 Å². The fraction of sp³-hybridized carbons (Fsp3) is 0.407. The Morgan fingerprint density at radius 2 is 1.89 bits per heavy atom. The smallest absolute Gasteiger partial charge is 0.510 e. The van der Waals surface area contributed by atoms with Gasteiger partial charge in [-0.3, -0.25) is 9.80 Å². The summed E-state index contributed by atoms with van der Waals surface area (Å²) in [5.74, 6) is -1.77. The lowest BCUT2D eigenvalue weighted by Crippen LogP contribution is -3.09. The van der Waals surface area contributed by atoms with Crippen molar-refractivity contribution in [2.75, 3.05) is 51.1 Å². The molecule has 0 spiro atoms. The summed E-state index contributed by atoms with van der Waals surface area (Å²) in [6.07, 6.45) is 2.22. The van der Waals surface area contributed by atoms with Gasteiger partial charge < -0.3 is 37.0 Å². The van der Waals surface area contributed by atoms with Crippen LogP contribution >= 0.6 is 0 Å². The Bertz CT molecular complexity index is 1490. The molecule has 2 amide bonds. The van der Waals surface area contributed by atoms with E-state index >= 15 is 4.39 Å². The molecule has 2 aliphatic heterocycles. The van der Waals surface area contributed by atoms with Gasteiger partial charge in [0.2, 0.25) is 0 Å². The summed E-state index contributed by atoms with van der Waals surface area (Å²) in [4.78, 5) is 29.9. The largest absolute Gasteiger partial charge is 1.00 e. The van der Waals surface area contributed by atoms with Crippen LogP contribution in [0.2, 0.25) is 0 Å². The van der Waals surface area contributed by atoms with E-state index < -0.39 is 35.5 Å². The zero-order valence-corrected chi connectivity index (χ0v) is 24.9. The number of rotatable bonds is 12. The molecule has 3 N–H and O–H groups in total. The highest BCUT2D eigenvalue weighted by Gasteiger charge is 2.49. The summed E-state index contributed by atoms with van der Waals surface area (Å²) < 4.78 is 40.4. The van der Waals surface area contributed by atoms with Gasteiger partial charge in [-0.1, -0.05) is 5.10 Å². The van der Waals surface area contributed by atoms with E-state index in [4.69, 9.17) is 14.6 Å². The van der Waals surface area contributed by atoms with E-state index in [1.807, 2.05) is 0 Å². The summed E-state index contributed by atoms with van der Waals surface area (Å²) in [6, 6.07) is 8.54. The second kappa shape index (κ2) is 14.6. The molecule has 3 atom stereocenters. The number of ether oxygens (including phenoxy) is 2. The van der Waals surface area contributed by atoms with Gasteiger partial charge >= 0.3 is 12.2 Å². The first kappa shape index (κ1) is 33.4. The number of nitrogens with one attached hydrogen (secondary N) is 1. The van der Waals surface area contributed by atoms with Gasteiger partial charge in [0.1, 0.15) is 24.5 Å². The highest BCUT2D eigenvalue weighted by atomic mass is 35.5. The third-order valence-electron chi connectivity index (χ3n) is 7.51. The average Bonchev–Trinajstić information content (AvgIpc) is 3.78. The molecule has 1 saturated heterocycles. The van der Waals surface area contributed by atoms with Crippen molar-refractivity contribution in [1.82, 2.24) is 30.0 Å². The zero-order valence-electron chi connectivity index (χ0n) is 24.2. The average molecular weight is 652 g/mol. The van der Waals surface area contributed by atoms with Crippen LogP contribution in [0.4, 0.5) is 24.1 Å². The number of aliphatic hydroxyl groups excluding tert-OH is 1. The molecule has 0 bridgehead atoms. The number of tetrazole rings is 1. The van der Waals surface area contributed by atoms with Gasteiger partial charge in [-0.2, -0.15) is 5.01 Å². The Kier molecular flexibility index (Phi) is 10.8. The number of halogens is 3. The number of anilines is 1. The normalized spacial score (nSPS) is 18.1. The molecular formula is C27H32ClF2N9O6. The topological polar surface area (TPSA) is 163 Å². The lowest BCUT2D eigenvalue weighted by atomic mass is 9.85. The fourth-order valence-electron chi connectivity index (χ4n) is 5.15. The maximum Gasteiger partial charge on any atom is 0.510 e. The number of hydrogen-bond acceptors (Lipinski definition) is 11. The van der Waals surface area contributed by atoms with Crippen LogP contribution in [0.15, 0.2) is 53.9 Å². The highest BCUT2D eigenvalue weighted by molar-refractivity contribution is 5.94. The van der Waals surface area contributed by atoms with Crippen molar-refractivity contribution >= 4 is 24.2 Å². The van der Waals surface area contributed by atoms with Crippen molar-refractivity contribution in [2.45, 2.75) is 25.0 Å². The van der Waals surface area contributed by atoms with Crippen molar-refractivity contribution in [2.24, 2.45) is 5.10 Å². The van der Waals surface area contributed by atoms with Crippen molar-refractivity contribution in [3.8, 4) is 5.69 Å². The van der Waals surface area contributed by atoms with Crippen LogP contribution in [0.25, 0.3) is 5.69 Å². The first-order valence-electron chi connectivity index (χ1n) is 13.8. The molecular weight excluding hydrogens is 620 g/mol. The van der Waals surface area contributed by atoms with Crippen molar-refractivity contribution in [1.29, 1.82) is 0 Å². The van der Waals surface area contributed by atoms with Crippen LogP contribution in [0.5, 0.6) is 0 Å². The molecule has 18 heteroatoms. The molecule has 2 aromatic carbocycles. The summed E-state index contributed by atoms with van der Waals surface area (Å²) in [5, 5.41) is 36.7. The number of carbonyl (C=O) groups is 2. The predicted molar refractivity (Wildman–Crippen MR) is 148 cm³/mol. The van der Waals surface area contributed by atoms with Gasteiger partial charge in [0.05, 0.1) is 18.3 Å². The lowest BCUT2D eigenvalue weighted by molar-refractivity contribution is -0.915. The second-order valence-corrected chi connectivity index (χ2v) is 10.3. The number of amides is 2. The van der Waals surface area contributed by atoms with E-state index in [2.05, 4.69) is 20.6 Å². The third-order valence-corrected chi connectivity index (χ3v) is 7.51. The molecule has 242 valence electrons. The van der Waals surface area contributed by atoms with Gasteiger partial charge in [-0.15, -0.1) is 5.10 Å². The second-order valence-electron chi connectivity index (χ2n) is 10.3. The molecule has 0 aliphatic carbocycles. The van der Waals surface area contributed by atoms with E-state index in [1.54, 1.807) is 36.1 Å². The minimum absolute atomic E-state index is 0. The molecule has 5 rings (SSSR count). The van der Waals surface area contributed by atoms with Crippen LogP contribution < -0.4 is 22.3 Å². The van der Waals surface area contributed by atoms with Crippen molar-refractivity contribution < 1.29 is 55.5 Å². The molecule has 1 aromatic heterocycles. The lowest BCUT2D eigenvalue weighted by Gasteiger charge is -2.39. The maximum atomic E-state index is 15.2. The quantitative estimate of drug-likeness (QED) is 0.136. The number of aromatic nitrogens is 4. The molecule has 1 fully saturated rings. The van der Waals surface area contributed by atoms with E-state index in [9.17, 15) is 19.1 Å². The molecule has 0 saturated carbocycles. The Labute approximate surface area is 262 Å². The molecule has 15 nitrogen and oxygen atoms in total. The Morgan fingerprint density at radius 1 is 1.13 bits per heavy atom. The van der Waals surface area contributed by atoms with Crippen molar-refractivity contribution in [3.63, 3.8) is 0 Å². The Balaban J connectivity index is 0.00000461. The number of hydrogen-bond donors (Lipinski definition) is 3. The number of nitrogens with zero attached hydrogens (tertiary/aromatic N) is 8. The molecule has 45 heavy (non-hydrogen) atoms. The summed E-state index contributed by atoms with van der Waals surface area (Å²) in [6.45, 7) is 1.76. The van der Waals surface area contributed by atoms with Gasteiger partial charge in [-0.25, -0.2) is 23.1 Å². The standard InChI is InChI=1S/C27H31F2N9O6.ClH/c1-19(36-9-10-37(25(36)40)21-4-6-22(7-5-21)38-15-30-32-33-38)27(42,23-8-3-20(28)13-24(23)29)14-35-17-34(16-31-35)18-44-26(41)43-12-2-11-39;/h3-8,13,15-16,19,39,42H,2,9-12,14,17-18H2,1H3;1H/t19-,27-;/m1./s1. The number of urea groups is 1. The summed E-state index contributed by atoms with van der Waals surface area (Å²) in [7, 11) is 0. The Morgan fingerprint density at radius 3 is 2.58 bits per heavy atom. The minimum Gasteiger partial charge on any atom is -1.00 e. The first-order chi connectivity index (χ1) is 21.2. The van der Waals surface area contributed by atoms with Crippen LogP contribution in [0.3, 0.4) is 0 Å². The van der Waals surface area contributed by atoms with E-state index in [0.29, 0.717) is 29.0 Å². The predicted octanol–water partition coefficient (Wildman–Crippen LogP) is -2.94. The molecule has 3 aromatic rings. The first-order valence-corrected chi connectivity index (χ1v) is 13.8. The third kappa shape index (κ3) is 7.44. The number of carbonyl (C=O) groups excluding carboxylic acids is 2. The zero-order chi connectivity index (χ0) is 31.3. The maximum absolute atomic E-state index is 15.2. The number of benzene rings is 2. The molecule has 0 radical (unpaired) electrons. The van der Waals surface area contributed by atoms with Gasteiger partial charge in [0.15, 0.2) is 25.3 Å². The van der Waals surface area contributed by atoms with Crippen LogP contribution in [0.1, 0.15) is 18.9 Å². The van der Waals surface area contributed by atoms with Gasteiger partial charge in [0, 0.05) is 43.4 Å². The molecule has 2 aliphatic rings. The summed E-state index contributed by atoms with van der Waals surface area (Å²) in [5.41, 5.74) is -0.879. The van der Waals surface area contributed by atoms with E-state index in [1.165, 1.54) is 33.2 Å². The van der Waals surface area contributed by atoms with Crippen LogP contribution in [-0.4, -0.2) is 111 Å².